The molecule has 0 aromatic carbocycles. The van der Waals surface area contributed by atoms with E-state index in [1.807, 2.05) is 25.2 Å². The molecule has 126 valence electrons. The number of nitrogens with zero attached hydrogens (tertiary/aromatic N) is 4. The van der Waals surface area contributed by atoms with Crippen molar-refractivity contribution >= 4 is 0 Å². The van der Waals surface area contributed by atoms with Crippen LogP contribution in [0.3, 0.4) is 0 Å². The van der Waals surface area contributed by atoms with Gasteiger partial charge in [-0.2, -0.15) is 5.10 Å². The van der Waals surface area contributed by atoms with Gasteiger partial charge in [-0.25, -0.2) is 4.68 Å². The molecule has 0 amide bonds. The van der Waals surface area contributed by atoms with Crippen LogP contribution in [0.5, 0.6) is 0 Å². The van der Waals surface area contributed by atoms with E-state index in [1.165, 1.54) is 12.8 Å². The number of hydrogen-bond acceptors (Lipinski definition) is 4. The van der Waals surface area contributed by atoms with Crippen molar-refractivity contribution in [3.05, 3.63) is 62.4 Å². The predicted molar refractivity (Wildman–Crippen MR) is 90.9 cm³/mol. The highest BCUT2D eigenvalue weighted by atomic mass is 16.1. The van der Waals surface area contributed by atoms with E-state index in [4.69, 9.17) is 0 Å². The zero-order valence-corrected chi connectivity index (χ0v) is 13.9. The maximum absolute atomic E-state index is 12.0. The molecule has 0 N–H and O–H groups in total. The van der Waals surface area contributed by atoms with Gasteiger partial charge in [-0.3, -0.25) is 14.5 Å². The minimum absolute atomic E-state index is 0.0108. The zero-order chi connectivity index (χ0) is 16.7. The van der Waals surface area contributed by atoms with Crippen LogP contribution >= 0.6 is 0 Å². The van der Waals surface area contributed by atoms with Crippen LogP contribution in [0.1, 0.15) is 30.1 Å². The molecule has 4 rings (SSSR count). The molecule has 1 saturated heterocycles. The maximum atomic E-state index is 12.0. The molecule has 3 heterocycles. The molecule has 0 spiro atoms. The first kappa shape index (κ1) is 15.3. The summed E-state index contributed by atoms with van der Waals surface area (Å²) >= 11 is 0. The van der Waals surface area contributed by atoms with Gasteiger partial charge in [0, 0.05) is 56.3 Å². The lowest BCUT2D eigenvalue weighted by molar-refractivity contribution is 0.0741. The zero-order valence-electron chi connectivity index (χ0n) is 13.9. The van der Waals surface area contributed by atoms with Crippen LogP contribution in [0.4, 0.5) is 0 Å². The largest absolute Gasteiger partial charge is 0.314 e. The van der Waals surface area contributed by atoms with Gasteiger partial charge < -0.3 is 4.57 Å². The lowest BCUT2D eigenvalue weighted by Crippen LogP contribution is -2.49. The first-order valence-electron chi connectivity index (χ1n) is 8.55. The van der Waals surface area contributed by atoms with Gasteiger partial charge >= 0.3 is 0 Å². The van der Waals surface area contributed by atoms with Crippen LogP contribution in [-0.4, -0.2) is 32.3 Å². The highest BCUT2D eigenvalue weighted by Gasteiger charge is 2.29. The fourth-order valence-corrected chi connectivity index (χ4v) is 3.35. The van der Waals surface area contributed by atoms with Crippen LogP contribution in [0.25, 0.3) is 0 Å². The molecule has 0 radical (unpaired) electrons. The summed E-state index contributed by atoms with van der Waals surface area (Å²) in [5, 5.41) is 4.53. The molecule has 0 atom stereocenters. The molecule has 2 aromatic heterocycles. The highest BCUT2D eigenvalue weighted by Crippen LogP contribution is 2.38. The lowest BCUT2D eigenvalue weighted by Gasteiger charge is -2.39. The monoisotopic (exact) mass is 326 g/mol. The molecular formula is C18H22N4O2. The van der Waals surface area contributed by atoms with Crippen molar-refractivity contribution in [3.63, 3.8) is 0 Å². The van der Waals surface area contributed by atoms with Crippen LogP contribution < -0.4 is 11.1 Å². The molecule has 1 aliphatic heterocycles. The normalized spacial score (nSPS) is 18.5. The number of aromatic nitrogens is 3. The molecule has 1 saturated carbocycles. The molecule has 6 nitrogen and oxygen atoms in total. The summed E-state index contributed by atoms with van der Waals surface area (Å²) in [6, 6.07) is 8.89. The molecular weight excluding hydrogens is 304 g/mol. The summed E-state index contributed by atoms with van der Waals surface area (Å²) in [5.74, 6) is 1.01. The summed E-state index contributed by atoms with van der Waals surface area (Å²) < 4.78 is 3.33. The third-order valence-corrected chi connectivity index (χ3v) is 5.02. The van der Waals surface area contributed by atoms with Crippen LogP contribution in [0.15, 0.2) is 39.9 Å². The van der Waals surface area contributed by atoms with E-state index < -0.39 is 0 Å². The summed E-state index contributed by atoms with van der Waals surface area (Å²) in [6.07, 6.45) is 2.39. The van der Waals surface area contributed by atoms with Gasteiger partial charge in [0.2, 0.25) is 5.56 Å². The molecule has 0 bridgehead atoms. The Labute approximate surface area is 140 Å². The molecule has 2 aliphatic rings. The Morgan fingerprint density at radius 1 is 1.08 bits per heavy atom. The van der Waals surface area contributed by atoms with E-state index in [1.54, 1.807) is 21.4 Å². The molecule has 24 heavy (non-hydrogen) atoms. The van der Waals surface area contributed by atoms with Crippen LogP contribution in [0, 0.1) is 5.92 Å². The standard InChI is InChI=1S/C18H22N4O2/c1-20-15(3-2-4-17(20)23)12-21-9-13(10-21)11-22-18(24)8-7-16(19-22)14-5-6-14/h2-4,7-8,13-14H,5-6,9-12H2,1H3. The minimum atomic E-state index is -0.0108. The Morgan fingerprint density at radius 3 is 2.62 bits per heavy atom. The van der Waals surface area contributed by atoms with Crippen molar-refractivity contribution in [1.82, 2.24) is 19.2 Å². The van der Waals surface area contributed by atoms with E-state index in [2.05, 4.69) is 10.00 Å². The molecule has 1 aliphatic carbocycles. The summed E-state index contributed by atoms with van der Waals surface area (Å²) in [4.78, 5) is 26.0. The topological polar surface area (TPSA) is 60.1 Å². The fourth-order valence-electron chi connectivity index (χ4n) is 3.35. The van der Waals surface area contributed by atoms with Gasteiger partial charge in [-0.05, 0) is 25.0 Å². The molecule has 6 heteroatoms. The fraction of sp³-hybridized carbons (Fsp3) is 0.500. The quantitative estimate of drug-likeness (QED) is 0.821. The van der Waals surface area contributed by atoms with Crippen LogP contribution in [0.2, 0.25) is 0 Å². The van der Waals surface area contributed by atoms with Crippen molar-refractivity contribution < 1.29 is 0 Å². The lowest BCUT2D eigenvalue weighted by atomic mass is 10.00. The maximum Gasteiger partial charge on any atom is 0.266 e. The van der Waals surface area contributed by atoms with E-state index in [0.717, 1.165) is 31.0 Å². The minimum Gasteiger partial charge on any atom is -0.314 e. The van der Waals surface area contributed by atoms with Crippen LogP contribution in [-0.2, 0) is 20.1 Å². The van der Waals surface area contributed by atoms with Crippen molar-refractivity contribution in [2.75, 3.05) is 13.1 Å². The van der Waals surface area contributed by atoms with Gasteiger partial charge in [-0.1, -0.05) is 6.07 Å². The summed E-state index contributed by atoms with van der Waals surface area (Å²) in [7, 11) is 1.81. The Kier molecular flexibility index (Phi) is 3.84. The van der Waals surface area contributed by atoms with Gasteiger partial charge in [0.1, 0.15) is 0 Å². The van der Waals surface area contributed by atoms with Crippen molar-refractivity contribution in [1.29, 1.82) is 0 Å². The SMILES string of the molecule is Cn1c(CN2CC(Cn3nc(C4CC4)ccc3=O)C2)cccc1=O. The van der Waals surface area contributed by atoms with Gasteiger partial charge in [0.05, 0.1) is 12.2 Å². The number of hydrogen-bond donors (Lipinski definition) is 0. The Hall–Kier alpha value is -2.21. The number of likely N-dealkylation sites (tertiary alicyclic amines) is 1. The smallest absolute Gasteiger partial charge is 0.266 e. The second kappa shape index (κ2) is 6.02. The van der Waals surface area contributed by atoms with E-state index >= 15 is 0 Å². The number of rotatable bonds is 5. The molecule has 2 aromatic rings. The highest BCUT2D eigenvalue weighted by molar-refractivity contribution is 5.12. The predicted octanol–water partition coefficient (Wildman–Crippen LogP) is 0.951. The number of pyridine rings is 1. The Bertz CT molecular complexity index is 860. The van der Waals surface area contributed by atoms with Gasteiger partial charge in [-0.15, -0.1) is 0 Å². The second-order valence-corrected chi connectivity index (χ2v) is 7.03. The first-order chi connectivity index (χ1) is 11.6. The van der Waals surface area contributed by atoms with E-state index in [9.17, 15) is 9.59 Å². The third-order valence-electron chi connectivity index (χ3n) is 5.02. The van der Waals surface area contributed by atoms with Crippen molar-refractivity contribution in [3.8, 4) is 0 Å². The van der Waals surface area contributed by atoms with Gasteiger partial charge in [0.25, 0.3) is 5.56 Å². The average Bonchev–Trinajstić information content (AvgIpc) is 3.36. The average molecular weight is 326 g/mol. The summed E-state index contributed by atoms with van der Waals surface area (Å²) in [5.41, 5.74) is 2.09. The van der Waals surface area contributed by atoms with Crippen molar-refractivity contribution in [2.45, 2.75) is 31.8 Å². The molecule has 0 unspecified atom stereocenters. The first-order valence-corrected chi connectivity index (χ1v) is 8.55. The molecule has 2 fully saturated rings. The summed E-state index contributed by atoms with van der Waals surface area (Å²) in [6.45, 7) is 3.33. The Balaban J connectivity index is 1.36. The van der Waals surface area contributed by atoms with E-state index in [-0.39, 0.29) is 11.1 Å². The second-order valence-electron chi connectivity index (χ2n) is 7.03. The van der Waals surface area contributed by atoms with E-state index in [0.29, 0.717) is 18.4 Å². The Morgan fingerprint density at radius 2 is 1.88 bits per heavy atom. The van der Waals surface area contributed by atoms with Crippen molar-refractivity contribution in [2.24, 2.45) is 13.0 Å². The van der Waals surface area contributed by atoms with Gasteiger partial charge in [0.15, 0.2) is 0 Å². The third kappa shape index (κ3) is 3.06.